The number of esters is 1. The summed E-state index contributed by atoms with van der Waals surface area (Å²) in [7, 11) is 0. The van der Waals surface area contributed by atoms with Gasteiger partial charge in [-0.05, 0) is 48.5 Å². The maximum atomic E-state index is 12.7. The number of carbonyl (C=O) groups is 2. The number of nitriles is 1. The van der Waals surface area contributed by atoms with E-state index in [1.807, 2.05) is 6.07 Å². The summed E-state index contributed by atoms with van der Waals surface area (Å²) in [5, 5.41) is 8.66. The fourth-order valence-corrected chi connectivity index (χ4v) is 1.67. The first kappa shape index (κ1) is 16.2. The lowest BCUT2D eigenvalue weighted by atomic mass is 10.1. The molecule has 0 amide bonds. The molecular formula is C17H12FNO4. The quantitative estimate of drug-likeness (QED) is 0.605. The summed E-state index contributed by atoms with van der Waals surface area (Å²) in [6.45, 7) is -0.802. The molecule has 0 atom stereocenters. The van der Waals surface area contributed by atoms with Gasteiger partial charge in [0.2, 0.25) is 0 Å². The Bertz CT molecular complexity index is 733. The van der Waals surface area contributed by atoms with Gasteiger partial charge in [0.1, 0.15) is 11.6 Å². The van der Waals surface area contributed by atoms with Crippen LogP contribution in [0.5, 0.6) is 5.75 Å². The number of rotatable bonds is 6. The number of carbonyl (C=O) groups excluding carboxylic acids is 2. The second kappa shape index (κ2) is 7.71. The van der Waals surface area contributed by atoms with E-state index >= 15 is 0 Å². The van der Waals surface area contributed by atoms with Crippen LogP contribution in [0.2, 0.25) is 0 Å². The SMILES string of the molecule is N#Cc1ccc(OCC(=O)OCC(=O)c2ccc(F)cc2)cc1. The van der Waals surface area contributed by atoms with Crippen molar-refractivity contribution in [3.05, 3.63) is 65.5 Å². The summed E-state index contributed by atoms with van der Waals surface area (Å²) in [6.07, 6.45) is 0. The van der Waals surface area contributed by atoms with E-state index in [1.165, 1.54) is 12.1 Å². The van der Waals surface area contributed by atoms with Crippen LogP contribution in [-0.2, 0) is 9.53 Å². The van der Waals surface area contributed by atoms with Crippen molar-refractivity contribution >= 4 is 11.8 Å². The highest BCUT2D eigenvalue weighted by atomic mass is 19.1. The predicted molar refractivity (Wildman–Crippen MR) is 78.3 cm³/mol. The molecule has 6 heteroatoms. The first-order chi connectivity index (χ1) is 11.1. The Kier molecular flexibility index (Phi) is 5.42. The molecule has 0 saturated heterocycles. The lowest BCUT2D eigenvalue weighted by molar-refractivity contribution is -0.144. The average Bonchev–Trinajstić information content (AvgIpc) is 2.59. The van der Waals surface area contributed by atoms with E-state index in [9.17, 15) is 14.0 Å². The maximum absolute atomic E-state index is 12.7. The first-order valence-electron chi connectivity index (χ1n) is 6.66. The Balaban J connectivity index is 1.77. The molecule has 0 spiro atoms. The number of hydrogen-bond donors (Lipinski definition) is 0. The van der Waals surface area contributed by atoms with Gasteiger partial charge in [0.05, 0.1) is 11.6 Å². The minimum absolute atomic E-state index is 0.257. The third kappa shape index (κ3) is 4.93. The highest BCUT2D eigenvalue weighted by Crippen LogP contribution is 2.11. The molecule has 2 rings (SSSR count). The molecule has 0 radical (unpaired) electrons. The number of ether oxygens (including phenoxy) is 2. The fourth-order valence-electron chi connectivity index (χ4n) is 1.67. The Morgan fingerprint density at radius 3 is 2.26 bits per heavy atom. The zero-order valence-electron chi connectivity index (χ0n) is 12.0. The molecule has 0 fully saturated rings. The third-order valence-corrected chi connectivity index (χ3v) is 2.87. The number of ketones is 1. The van der Waals surface area contributed by atoms with Gasteiger partial charge in [-0.1, -0.05) is 0 Å². The molecule has 0 N–H and O–H groups in total. The van der Waals surface area contributed by atoms with Gasteiger partial charge in [-0.25, -0.2) is 9.18 Å². The van der Waals surface area contributed by atoms with Crippen molar-refractivity contribution < 1.29 is 23.5 Å². The number of halogens is 1. The minimum Gasteiger partial charge on any atom is -0.482 e. The zero-order valence-corrected chi connectivity index (χ0v) is 12.0. The van der Waals surface area contributed by atoms with Gasteiger partial charge in [-0.3, -0.25) is 4.79 Å². The predicted octanol–water partition coefficient (Wildman–Crippen LogP) is 2.50. The van der Waals surface area contributed by atoms with Gasteiger partial charge in [-0.15, -0.1) is 0 Å². The van der Waals surface area contributed by atoms with E-state index in [-0.39, 0.29) is 12.2 Å². The maximum Gasteiger partial charge on any atom is 0.344 e. The Morgan fingerprint density at radius 2 is 1.65 bits per heavy atom. The van der Waals surface area contributed by atoms with Crippen LogP contribution in [0.15, 0.2) is 48.5 Å². The van der Waals surface area contributed by atoms with Crippen molar-refractivity contribution in [3.63, 3.8) is 0 Å². The summed E-state index contributed by atoms with van der Waals surface area (Å²) < 4.78 is 22.7. The number of nitrogens with zero attached hydrogens (tertiary/aromatic N) is 1. The minimum atomic E-state index is -0.704. The summed E-state index contributed by atoms with van der Waals surface area (Å²) in [5.74, 6) is -1.18. The average molecular weight is 313 g/mol. The van der Waals surface area contributed by atoms with Crippen molar-refractivity contribution in [1.29, 1.82) is 5.26 Å². The third-order valence-electron chi connectivity index (χ3n) is 2.87. The van der Waals surface area contributed by atoms with Crippen molar-refractivity contribution in [1.82, 2.24) is 0 Å². The van der Waals surface area contributed by atoms with Crippen molar-refractivity contribution in [3.8, 4) is 11.8 Å². The van der Waals surface area contributed by atoms with E-state index < -0.39 is 24.2 Å². The summed E-state index contributed by atoms with van der Waals surface area (Å²) in [4.78, 5) is 23.3. The largest absolute Gasteiger partial charge is 0.482 e. The molecule has 0 unspecified atom stereocenters. The smallest absolute Gasteiger partial charge is 0.344 e. The van der Waals surface area contributed by atoms with Crippen LogP contribution in [-0.4, -0.2) is 25.0 Å². The van der Waals surface area contributed by atoms with Crippen LogP contribution in [0.25, 0.3) is 0 Å². The molecule has 2 aromatic rings. The summed E-state index contributed by atoms with van der Waals surface area (Å²) in [5.41, 5.74) is 0.733. The molecular weight excluding hydrogens is 301 g/mol. The molecule has 116 valence electrons. The normalized spacial score (nSPS) is 9.74. The molecule has 0 aliphatic carbocycles. The second-order valence-electron chi connectivity index (χ2n) is 4.52. The van der Waals surface area contributed by atoms with E-state index in [0.717, 1.165) is 12.1 Å². The van der Waals surface area contributed by atoms with Gasteiger partial charge >= 0.3 is 5.97 Å². The highest BCUT2D eigenvalue weighted by Gasteiger charge is 2.10. The van der Waals surface area contributed by atoms with Gasteiger partial charge in [0, 0.05) is 5.56 Å². The highest BCUT2D eigenvalue weighted by molar-refractivity contribution is 5.97. The number of hydrogen-bond acceptors (Lipinski definition) is 5. The lowest BCUT2D eigenvalue weighted by Crippen LogP contribution is -2.19. The molecule has 0 aliphatic rings. The van der Waals surface area contributed by atoms with Gasteiger partial charge in [0.25, 0.3) is 0 Å². The Hall–Kier alpha value is -3.20. The van der Waals surface area contributed by atoms with Crippen LogP contribution >= 0.6 is 0 Å². The molecule has 23 heavy (non-hydrogen) atoms. The van der Waals surface area contributed by atoms with E-state index in [2.05, 4.69) is 0 Å². The van der Waals surface area contributed by atoms with Crippen LogP contribution in [0.1, 0.15) is 15.9 Å². The van der Waals surface area contributed by atoms with Crippen LogP contribution in [0.4, 0.5) is 4.39 Å². The van der Waals surface area contributed by atoms with Gasteiger partial charge in [0.15, 0.2) is 19.0 Å². The van der Waals surface area contributed by atoms with E-state index in [4.69, 9.17) is 14.7 Å². The standard InChI is InChI=1S/C17H12FNO4/c18-14-5-3-13(4-6-14)16(20)10-23-17(21)11-22-15-7-1-12(9-19)2-8-15/h1-8H,10-11H2. The molecule has 0 aliphatic heterocycles. The van der Waals surface area contributed by atoms with Gasteiger partial charge in [-0.2, -0.15) is 5.26 Å². The van der Waals surface area contributed by atoms with Crippen LogP contribution in [0.3, 0.4) is 0 Å². The Labute approximate surface area is 131 Å². The molecule has 0 saturated carbocycles. The second-order valence-corrected chi connectivity index (χ2v) is 4.52. The topological polar surface area (TPSA) is 76.4 Å². The van der Waals surface area contributed by atoms with Crippen molar-refractivity contribution in [2.75, 3.05) is 13.2 Å². The number of Topliss-reactive ketones (excluding diaryl/α,β-unsaturated/α-hetero) is 1. The van der Waals surface area contributed by atoms with E-state index in [0.29, 0.717) is 11.3 Å². The molecule has 0 aromatic heterocycles. The van der Waals surface area contributed by atoms with Crippen molar-refractivity contribution in [2.24, 2.45) is 0 Å². The monoisotopic (exact) mass is 313 g/mol. The summed E-state index contributed by atoms with van der Waals surface area (Å²) in [6, 6.07) is 13.1. The zero-order chi connectivity index (χ0) is 16.7. The molecule has 0 bridgehead atoms. The Morgan fingerprint density at radius 1 is 1.00 bits per heavy atom. The fraction of sp³-hybridized carbons (Fsp3) is 0.118. The van der Waals surface area contributed by atoms with Crippen LogP contribution in [0, 0.1) is 17.1 Å². The van der Waals surface area contributed by atoms with Crippen LogP contribution < -0.4 is 4.74 Å². The first-order valence-corrected chi connectivity index (χ1v) is 6.66. The lowest BCUT2D eigenvalue weighted by Gasteiger charge is -2.07. The van der Waals surface area contributed by atoms with E-state index in [1.54, 1.807) is 24.3 Å². The van der Waals surface area contributed by atoms with Gasteiger partial charge < -0.3 is 9.47 Å². The van der Waals surface area contributed by atoms with Crippen molar-refractivity contribution in [2.45, 2.75) is 0 Å². The molecule has 2 aromatic carbocycles. The number of benzene rings is 2. The molecule has 0 heterocycles. The molecule has 5 nitrogen and oxygen atoms in total. The summed E-state index contributed by atoms with van der Waals surface area (Å²) >= 11 is 0.